The summed E-state index contributed by atoms with van der Waals surface area (Å²) in [6.07, 6.45) is 0. The van der Waals surface area contributed by atoms with E-state index in [1.807, 2.05) is 25.1 Å². The van der Waals surface area contributed by atoms with Gasteiger partial charge in [0.25, 0.3) is 0 Å². The van der Waals surface area contributed by atoms with Gasteiger partial charge in [0, 0.05) is 29.8 Å². The minimum Gasteiger partial charge on any atom is -0.496 e. The van der Waals surface area contributed by atoms with Gasteiger partial charge in [-0.05, 0) is 32.0 Å². The zero-order valence-electron chi connectivity index (χ0n) is 10.6. The Morgan fingerprint density at radius 3 is 2.82 bits per heavy atom. The molecule has 17 heavy (non-hydrogen) atoms. The molecular formula is C13H20ClNO2. The molecule has 1 aromatic carbocycles. The van der Waals surface area contributed by atoms with E-state index >= 15 is 0 Å². The molecule has 0 saturated carbocycles. The van der Waals surface area contributed by atoms with Crippen LogP contribution in [0.4, 0.5) is 0 Å². The van der Waals surface area contributed by atoms with Gasteiger partial charge < -0.3 is 14.8 Å². The number of methoxy groups -OCH3 is 1. The third-order valence-corrected chi connectivity index (χ3v) is 2.69. The number of hydrogen-bond acceptors (Lipinski definition) is 3. The largest absolute Gasteiger partial charge is 0.496 e. The lowest BCUT2D eigenvalue weighted by Crippen LogP contribution is -2.30. The quantitative estimate of drug-likeness (QED) is 0.815. The fourth-order valence-electron chi connectivity index (χ4n) is 1.52. The maximum absolute atomic E-state index is 5.96. The molecule has 96 valence electrons. The molecule has 0 saturated heterocycles. The second-order valence-corrected chi connectivity index (χ2v) is 4.33. The first kappa shape index (κ1) is 14.3. The first-order valence-electron chi connectivity index (χ1n) is 5.81. The highest BCUT2D eigenvalue weighted by atomic mass is 35.5. The number of rotatable bonds is 7. The van der Waals surface area contributed by atoms with E-state index in [2.05, 4.69) is 12.2 Å². The summed E-state index contributed by atoms with van der Waals surface area (Å²) >= 11 is 5.96. The average molecular weight is 258 g/mol. The summed E-state index contributed by atoms with van der Waals surface area (Å²) in [4.78, 5) is 0. The summed E-state index contributed by atoms with van der Waals surface area (Å²) in [6, 6.07) is 5.93. The molecule has 0 fully saturated rings. The molecule has 0 aliphatic rings. The van der Waals surface area contributed by atoms with Crippen molar-refractivity contribution >= 4 is 11.6 Å². The summed E-state index contributed by atoms with van der Waals surface area (Å²) in [6.45, 7) is 6.25. The summed E-state index contributed by atoms with van der Waals surface area (Å²) in [5.41, 5.74) is 1.06. The topological polar surface area (TPSA) is 30.5 Å². The van der Waals surface area contributed by atoms with Crippen molar-refractivity contribution < 1.29 is 9.47 Å². The third kappa shape index (κ3) is 4.94. The summed E-state index contributed by atoms with van der Waals surface area (Å²) < 4.78 is 10.6. The van der Waals surface area contributed by atoms with E-state index < -0.39 is 0 Å². The Bertz CT molecular complexity index is 344. The van der Waals surface area contributed by atoms with Crippen LogP contribution in [0.5, 0.6) is 5.75 Å². The molecule has 0 aliphatic heterocycles. The highest BCUT2D eigenvalue weighted by molar-refractivity contribution is 6.30. The van der Waals surface area contributed by atoms with Crippen molar-refractivity contribution in [1.82, 2.24) is 5.32 Å². The predicted octanol–water partition coefficient (Wildman–Crippen LogP) is 2.86. The second-order valence-electron chi connectivity index (χ2n) is 3.90. The van der Waals surface area contributed by atoms with Gasteiger partial charge in [0.2, 0.25) is 0 Å². The second kappa shape index (κ2) is 7.54. The summed E-state index contributed by atoms with van der Waals surface area (Å²) in [5.74, 6) is 0.852. The molecule has 0 amide bonds. The normalized spacial score (nSPS) is 12.5. The maximum atomic E-state index is 5.96. The van der Waals surface area contributed by atoms with Crippen LogP contribution in [0.2, 0.25) is 5.02 Å². The molecule has 1 aromatic rings. The molecule has 1 rings (SSSR count). The molecule has 0 spiro atoms. The molecule has 1 atom stereocenters. The molecule has 0 aliphatic carbocycles. The molecular weight excluding hydrogens is 238 g/mol. The number of ether oxygens (including phenoxy) is 2. The Balaban J connectivity index is 2.52. The third-order valence-electron chi connectivity index (χ3n) is 2.46. The van der Waals surface area contributed by atoms with E-state index in [4.69, 9.17) is 21.1 Å². The molecule has 1 unspecified atom stereocenters. The SMILES string of the molecule is CCOCC(C)NCc1cc(Cl)ccc1OC. The van der Waals surface area contributed by atoms with E-state index in [0.29, 0.717) is 12.6 Å². The smallest absolute Gasteiger partial charge is 0.123 e. The number of nitrogens with one attached hydrogen (secondary N) is 1. The number of hydrogen-bond donors (Lipinski definition) is 1. The minimum absolute atomic E-state index is 0.304. The van der Waals surface area contributed by atoms with Gasteiger partial charge in [-0.25, -0.2) is 0 Å². The van der Waals surface area contributed by atoms with Crippen LogP contribution in [-0.2, 0) is 11.3 Å². The Morgan fingerprint density at radius 2 is 2.18 bits per heavy atom. The van der Waals surface area contributed by atoms with Crippen molar-refractivity contribution in [3.63, 3.8) is 0 Å². The number of benzene rings is 1. The van der Waals surface area contributed by atoms with Crippen molar-refractivity contribution in [2.24, 2.45) is 0 Å². The van der Waals surface area contributed by atoms with Gasteiger partial charge in [-0.15, -0.1) is 0 Å². The van der Waals surface area contributed by atoms with Gasteiger partial charge >= 0.3 is 0 Å². The highest BCUT2D eigenvalue weighted by Gasteiger charge is 2.06. The highest BCUT2D eigenvalue weighted by Crippen LogP contribution is 2.22. The van der Waals surface area contributed by atoms with Crippen LogP contribution in [-0.4, -0.2) is 26.4 Å². The van der Waals surface area contributed by atoms with E-state index in [9.17, 15) is 0 Å². The lowest BCUT2D eigenvalue weighted by Gasteiger charge is -2.15. The Labute approximate surface area is 108 Å². The van der Waals surface area contributed by atoms with Crippen molar-refractivity contribution in [1.29, 1.82) is 0 Å². The van der Waals surface area contributed by atoms with Gasteiger partial charge in [0.1, 0.15) is 5.75 Å². The van der Waals surface area contributed by atoms with Crippen LogP contribution < -0.4 is 10.1 Å². The molecule has 0 aromatic heterocycles. The van der Waals surface area contributed by atoms with Crippen molar-refractivity contribution in [3.05, 3.63) is 28.8 Å². The first-order valence-corrected chi connectivity index (χ1v) is 6.18. The van der Waals surface area contributed by atoms with Crippen molar-refractivity contribution in [3.8, 4) is 5.75 Å². The number of halogens is 1. The van der Waals surface area contributed by atoms with Crippen LogP contribution in [0.1, 0.15) is 19.4 Å². The van der Waals surface area contributed by atoms with E-state index in [1.165, 1.54) is 0 Å². The van der Waals surface area contributed by atoms with Gasteiger partial charge in [-0.2, -0.15) is 0 Å². The van der Waals surface area contributed by atoms with Crippen LogP contribution in [0.15, 0.2) is 18.2 Å². The van der Waals surface area contributed by atoms with Crippen molar-refractivity contribution in [2.45, 2.75) is 26.4 Å². The Morgan fingerprint density at radius 1 is 1.41 bits per heavy atom. The fraction of sp³-hybridized carbons (Fsp3) is 0.538. The van der Waals surface area contributed by atoms with Gasteiger partial charge in [-0.3, -0.25) is 0 Å². The molecule has 0 radical (unpaired) electrons. The van der Waals surface area contributed by atoms with Crippen LogP contribution in [0.25, 0.3) is 0 Å². The lowest BCUT2D eigenvalue weighted by atomic mass is 10.2. The minimum atomic E-state index is 0.304. The standard InChI is InChI=1S/C13H20ClNO2/c1-4-17-9-10(2)15-8-11-7-12(14)5-6-13(11)16-3/h5-7,10,15H,4,8-9H2,1-3H3. The molecule has 1 N–H and O–H groups in total. The summed E-state index contributed by atoms with van der Waals surface area (Å²) in [7, 11) is 1.66. The van der Waals surface area contributed by atoms with E-state index in [0.717, 1.165) is 29.5 Å². The van der Waals surface area contributed by atoms with Crippen LogP contribution in [0, 0.1) is 0 Å². The van der Waals surface area contributed by atoms with Crippen LogP contribution >= 0.6 is 11.6 Å². The Hall–Kier alpha value is -0.770. The molecule has 0 heterocycles. The monoisotopic (exact) mass is 257 g/mol. The summed E-state index contributed by atoms with van der Waals surface area (Å²) in [5, 5.41) is 4.09. The zero-order valence-corrected chi connectivity index (χ0v) is 11.4. The first-order chi connectivity index (χ1) is 8.17. The Kier molecular flexibility index (Phi) is 6.34. The lowest BCUT2D eigenvalue weighted by molar-refractivity contribution is 0.127. The zero-order chi connectivity index (χ0) is 12.7. The van der Waals surface area contributed by atoms with Crippen molar-refractivity contribution in [2.75, 3.05) is 20.3 Å². The maximum Gasteiger partial charge on any atom is 0.123 e. The fourth-order valence-corrected chi connectivity index (χ4v) is 1.72. The van der Waals surface area contributed by atoms with Gasteiger partial charge in [-0.1, -0.05) is 11.6 Å². The van der Waals surface area contributed by atoms with E-state index in [1.54, 1.807) is 7.11 Å². The predicted molar refractivity (Wildman–Crippen MR) is 70.8 cm³/mol. The average Bonchev–Trinajstić information content (AvgIpc) is 2.34. The van der Waals surface area contributed by atoms with Crippen LogP contribution in [0.3, 0.4) is 0 Å². The molecule has 3 nitrogen and oxygen atoms in total. The molecule has 4 heteroatoms. The van der Waals surface area contributed by atoms with Gasteiger partial charge in [0.15, 0.2) is 0 Å². The molecule has 0 bridgehead atoms. The van der Waals surface area contributed by atoms with E-state index in [-0.39, 0.29) is 0 Å². The van der Waals surface area contributed by atoms with Gasteiger partial charge in [0.05, 0.1) is 13.7 Å².